The molecule has 0 aliphatic rings. The van der Waals surface area contributed by atoms with Crippen LogP contribution in [0, 0.1) is 17.5 Å². The Morgan fingerprint density at radius 3 is 2.37 bits per heavy atom. The lowest BCUT2D eigenvalue weighted by molar-refractivity contribution is 0.562. The van der Waals surface area contributed by atoms with E-state index in [4.69, 9.17) is 5.73 Å². The highest BCUT2D eigenvalue weighted by Gasteiger charge is 2.12. The highest BCUT2D eigenvalue weighted by Crippen LogP contribution is 2.23. The molecule has 19 heavy (non-hydrogen) atoms. The summed E-state index contributed by atoms with van der Waals surface area (Å²) in [6, 6.07) is 7.29. The Morgan fingerprint density at radius 1 is 1.00 bits per heavy atom. The summed E-state index contributed by atoms with van der Waals surface area (Å²) in [6.07, 6.45) is 0.174. The van der Waals surface area contributed by atoms with Gasteiger partial charge in [0.15, 0.2) is 0 Å². The number of halogens is 4. The van der Waals surface area contributed by atoms with Gasteiger partial charge in [0.1, 0.15) is 17.5 Å². The molecule has 0 aliphatic heterocycles. The van der Waals surface area contributed by atoms with E-state index in [1.165, 1.54) is 18.2 Å². The molecule has 0 aromatic heterocycles. The van der Waals surface area contributed by atoms with E-state index >= 15 is 0 Å². The predicted molar refractivity (Wildman–Crippen MR) is 71.1 cm³/mol. The molecule has 2 N–H and O–H groups in total. The summed E-state index contributed by atoms with van der Waals surface area (Å²) in [7, 11) is 0. The Kier molecular flexibility index (Phi) is 4.27. The van der Waals surface area contributed by atoms with Crippen LogP contribution in [0.1, 0.15) is 17.2 Å². The molecular formula is C14H11BrF3N. The molecule has 0 aliphatic carbocycles. The highest BCUT2D eigenvalue weighted by molar-refractivity contribution is 9.10. The van der Waals surface area contributed by atoms with Gasteiger partial charge in [0, 0.05) is 12.1 Å². The van der Waals surface area contributed by atoms with Gasteiger partial charge in [0.25, 0.3) is 0 Å². The van der Waals surface area contributed by atoms with Gasteiger partial charge in [-0.2, -0.15) is 0 Å². The molecule has 0 amide bonds. The van der Waals surface area contributed by atoms with Crippen molar-refractivity contribution >= 4 is 15.9 Å². The normalized spacial score (nSPS) is 12.5. The smallest absolute Gasteiger partial charge is 0.137 e. The van der Waals surface area contributed by atoms with Crippen LogP contribution >= 0.6 is 15.9 Å². The largest absolute Gasteiger partial charge is 0.324 e. The summed E-state index contributed by atoms with van der Waals surface area (Å²) < 4.78 is 40.0. The standard InChI is InChI=1S/C14H11BrF3N/c15-11-4-2-9(5-13(11)18)14(19)6-8-1-3-10(16)7-12(8)17/h1-5,7,14H,6,19H2. The van der Waals surface area contributed by atoms with Gasteiger partial charge >= 0.3 is 0 Å². The van der Waals surface area contributed by atoms with Crippen molar-refractivity contribution in [2.45, 2.75) is 12.5 Å². The third-order valence-corrected chi connectivity index (χ3v) is 3.47. The monoisotopic (exact) mass is 329 g/mol. The summed E-state index contributed by atoms with van der Waals surface area (Å²) in [5.74, 6) is -1.70. The van der Waals surface area contributed by atoms with Gasteiger partial charge in [0.05, 0.1) is 4.47 Å². The molecule has 0 bridgehead atoms. The molecule has 0 spiro atoms. The zero-order chi connectivity index (χ0) is 14.0. The summed E-state index contributed by atoms with van der Waals surface area (Å²) >= 11 is 3.05. The number of hydrogen-bond acceptors (Lipinski definition) is 1. The fourth-order valence-electron chi connectivity index (χ4n) is 1.79. The highest BCUT2D eigenvalue weighted by atomic mass is 79.9. The second-order valence-corrected chi connectivity index (χ2v) is 5.07. The molecule has 100 valence electrons. The van der Waals surface area contributed by atoms with Gasteiger partial charge in [-0.25, -0.2) is 13.2 Å². The van der Waals surface area contributed by atoms with E-state index in [1.807, 2.05) is 0 Å². The van der Waals surface area contributed by atoms with Crippen LogP contribution in [-0.4, -0.2) is 0 Å². The van der Waals surface area contributed by atoms with E-state index in [1.54, 1.807) is 12.1 Å². The minimum Gasteiger partial charge on any atom is -0.324 e. The maximum absolute atomic E-state index is 13.5. The lowest BCUT2D eigenvalue weighted by Crippen LogP contribution is -2.14. The number of nitrogens with two attached hydrogens (primary N) is 1. The Bertz CT molecular complexity index is 601. The van der Waals surface area contributed by atoms with Crippen LogP contribution in [0.5, 0.6) is 0 Å². The van der Waals surface area contributed by atoms with Crippen molar-refractivity contribution in [3.63, 3.8) is 0 Å². The van der Waals surface area contributed by atoms with Crippen molar-refractivity contribution in [3.8, 4) is 0 Å². The molecule has 1 unspecified atom stereocenters. The first-order valence-corrected chi connectivity index (χ1v) is 6.41. The van der Waals surface area contributed by atoms with Gasteiger partial charge in [-0.3, -0.25) is 0 Å². The zero-order valence-corrected chi connectivity index (χ0v) is 11.4. The number of hydrogen-bond donors (Lipinski definition) is 1. The van der Waals surface area contributed by atoms with Crippen LogP contribution < -0.4 is 5.73 Å². The Balaban J connectivity index is 2.20. The summed E-state index contributed by atoms with van der Waals surface area (Å²) in [5, 5.41) is 0. The minimum atomic E-state index is -0.645. The molecule has 1 nitrogen and oxygen atoms in total. The molecule has 0 saturated carbocycles. The SMILES string of the molecule is NC(Cc1ccc(F)cc1F)c1ccc(Br)c(F)c1. The lowest BCUT2D eigenvalue weighted by atomic mass is 9.99. The molecule has 0 fully saturated rings. The Labute approximate surface area is 117 Å². The van der Waals surface area contributed by atoms with Gasteiger partial charge in [-0.15, -0.1) is 0 Å². The van der Waals surface area contributed by atoms with Crippen LogP contribution in [0.25, 0.3) is 0 Å². The second kappa shape index (κ2) is 5.75. The van der Waals surface area contributed by atoms with E-state index < -0.39 is 23.5 Å². The molecular weight excluding hydrogens is 319 g/mol. The molecule has 0 saturated heterocycles. The van der Waals surface area contributed by atoms with E-state index in [-0.39, 0.29) is 6.42 Å². The van der Waals surface area contributed by atoms with Crippen molar-refractivity contribution in [1.29, 1.82) is 0 Å². The second-order valence-electron chi connectivity index (χ2n) is 4.22. The van der Waals surface area contributed by atoms with E-state index in [9.17, 15) is 13.2 Å². The van der Waals surface area contributed by atoms with Crippen molar-refractivity contribution in [3.05, 3.63) is 69.4 Å². The van der Waals surface area contributed by atoms with Gasteiger partial charge in [-0.1, -0.05) is 12.1 Å². The molecule has 0 radical (unpaired) electrons. The summed E-state index contributed by atoms with van der Waals surface area (Å²) in [5.41, 5.74) is 6.77. The van der Waals surface area contributed by atoms with Crippen molar-refractivity contribution < 1.29 is 13.2 Å². The van der Waals surface area contributed by atoms with Gasteiger partial charge < -0.3 is 5.73 Å². The van der Waals surface area contributed by atoms with Crippen molar-refractivity contribution in [2.75, 3.05) is 0 Å². The molecule has 5 heteroatoms. The summed E-state index contributed by atoms with van der Waals surface area (Å²) in [4.78, 5) is 0. The first-order valence-electron chi connectivity index (χ1n) is 5.62. The summed E-state index contributed by atoms with van der Waals surface area (Å²) in [6.45, 7) is 0. The molecule has 2 aromatic carbocycles. The van der Waals surface area contributed by atoms with E-state index in [0.717, 1.165) is 6.07 Å². The number of benzene rings is 2. The first kappa shape index (κ1) is 14.1. The molecule has 2 rings (SSSR count). The van der Waals surface area contributed by atoms with Crippen LogP contribution in [-0.2, 0) is 6.42 Å². The van der Waals surface area contributed by atoms with Crippen LogP contribution in [0.2, 0.25) is 0 Å². The van der Waals surface area contributed by atoms with E-state index in [2.05, 4.69) is 15.9 Å². The van der Waals surface area contributed by atoms with Gasteiger partial charge in [0.2, 0.25) is 0 Å². The first-order chi connectivity index (χ1) is 8.97. The minimum absolute atomic E-state index is 0.174. The third kappa shape index (κ3) is 3.36. The number of rotatable bonds is 3. The quantitative estimate of drug-likeness (QED) is 0.901. The molecule has 2 aromatic rings. The van der Waals surface area contributed by atoms with Crippen molar-refractivity contribution in [2.24, 2.45) is 5.73 Å². The fourth-order valence-corrected chi connectivity index (χ4v) is 2.03. The van der Waals surface area contributed by atoms with Crippen molar-refractivity contribution in [1.82, 2.24) is 0 Å². The van der Waals surface area contributed by atoms with Crippen LogP contribution in [0.3, 0.4) is 0 Å². The third-order valence-electron chi connectivity index (χ3n) is 2.83. The average molecular weight is 330 g/mol. The Hall–Kier alpha value is -1.33. The molecule has 0 heterocycles. The Morgan fingerprint density at radius 2 is 1.74 bits per heavy atom. The predicted octanol–water partition coefficient (Wildman–Crippen LogP) is 4.11. The fraction of sp³-hybridized carbons (Fsp3) is 0.143. The van der Waals surface area contributed by atoms with Crippen LogP contribution in [0.4, 0.5) is 13.2 Å². The average Bonchev–Trinajstić information content (AvgIpc) is 2.36. The zero-order valence-electron chi connectivity index (χ0n) is 9.84. The maximum atomic E-state index is 13.5. The molecule has 1 atom stereocenters. The maximum Gasteiger partial charge on any atom is 0.137 e. The lowest BCUT2D eigenvalue weighted by Gasteiger charge is -2.13. The van der Waals surface area contributed by atoms with E-state index in [0.29, 0.717) is 15.6 Å². The topological polar surface area (TPSA) is 26.0 Å². The van der Waals surface area contributed by atoms with Gasteiger partial charge in [-0.05, 0) is 51.7 Å². The van der Waals surface area contributed by atoms with Crippen LogP contribution in [0.15, 0.2) is 40.9 Å².